The van der Waals surface area contributed by atoms with Gasteiger partial charge in [-0.25, -0.2) is 0 Å². The Morgan fingerprint density at radius 3 is 1.22 bits per heavy atom. The largest absolute Gasteiger partial charge is 1.00 e. The third kappa shape index (κ3) is 6.33. The van der Waals surface area contributed by atoms with Crippen LogP contribution in [0.2, 0.25) is 8.26 Å². The number of hydrogen-bond acceptors (Lipinski definition) is 0. The molecule has 0 bridgehead atoms. The van der Waals surface area contributed by atoms with Crippen LogP contribution in [-0.4, -0.2) is 0 Å². The van der Waals surface area contributed by atoms with Gasteiger partial charge in [0.1, 0.15) is 0 Å². The molecule has 292 valence electrons. The van der Waals surface area contributed by atoms with Gasteiger partial charge in [0.25, 0.3) is 0 Å². The summed E-state index contributed by atoms with van der Waals surface area (Å²) in [7, 11) is 0. The Balaban J connectivity index is 0.00000224. The quantitative estimate of drug-likeness (QED) is 0.120. The summed E-state index contributed by atoms with van der Waals surface area (Å²) in [5.74, 6) is 0. The number of allylic oxidation sites excluding steroid dienone is 2. The fourth-order valence-corrected chi connectivity index (χ4v) is 29.3. The van der Waals surface area contributed by atoms with E-state index in [4.69, 9.17) is 0 Å². The van der Waals surface area contributed by atoms with Crippen LogP contribution >= 0.6 is 0 Å². The van der Waals surface area contributed by atoms with E-state index < -0.39 is 20.3 Å². The maximum Gasteiger partial charge on any atom is -1.00 e. The van der Waals surface area contributed by atoms with Crippen molar-refractivity contribution >= 4 is 54.2 Å². The van der Waals surface area contributed by atoms with E-state index in [0.717, 1.165) is 0 Å². The number of benzene rings is 8. The van der Waals surface area contributed by atoms with Crippen molar-refractivity contribution < 1.29 is 45.1 Å². The Hall–Kier alpha value is -4.26. The van der Waals surface area contributed by atoms with Gasteiger partial charge in [-0.05, 0) is 0 Å². The van der Waals surface area contributed by atoms with Crippen LogP contribution < -0.4 is 24.8 Å². The Labute approximate surface area is 366 Å². The van der Waals surface area contributed by atoms with Crippen molar-refractivity contribution in [2.75, 3.05) is 0 Å². The number of rotatable bonds is 10. The summed E-state index contributed by atoms with van der Waals surface area (Å²) in [6.07, 6.45) is 7.29. The fraction of sp³-hybridized carbons (Fsp3) is 0.214. The van der Waals surface area contributed by atoms with Crippen LogP contribution in [0.15, 0.2) is 169 Å². The van der Waals surface area contributed by atoms with E-state index in [2.05, 4.69) is 172 Å². The van der Waals surface area contributed by atoms with Crippen LogP contribution in [0.1, 0.15) is 93.0 Å². The third-order valence-electron chi connectivity index (χ3n) is 14.1. The SMILES string of the molecule is CCCCC1=C(c2cccc3ccc4ccccc4c23)c2ccccc2[CH]1[Zr+2]1([CH]2C(CCCC)=C(c3cccc4ccc5ccccc5c34)c3ccccc32)[CH2][CH2]1.[Cl-].[Cl-]. The maximum absolute atomic E-state index is 3.12. The van der Waals surface area contributed by atoms with Gasteiger partial charge in [-0.15, -0.1) is 0 Å². The molecule has 8 aromatic rings. The van der Waals surface area contributed by atoms with Crippen molar-refractivity contribution in [2.45, 2.75) is 67.9 Å². The molecule has 0 aromatic heterocycles. The Morgan fingerprint density at radius 1 is 0.407 bits per heavy atom. The second-order valence-corrected chi connectivity index (χ2v) is 28.5. The summed E-state index contributed by atoms with van der Waals surface area (Å²) in [5, 5.41) is 11.0. The molecule has 59 heavy (non-hydrogen) atoms. The van der Waals surface area contributed by atoms with E-state index >= 15 is 0 Å². The van der Waals surface area contributed by atoms with E-state index in [-0.39, 0.29) is 24.8 Å². The Morgan fingerprint density at radius 2 is 0.780 bits per heavy atom. The van der Waals surface area contributed by atoms with Crippen LogP contribution in [0.4, 0.5) is 0 Å². The minimum Gasteiger partial charge on any atom is -1.00 e. The van der Waals surface area contributed by atoms with Crippen molar-refractivity contribution in [1.82, 2.24) is 0 Å². The molecule has 2 atom stereocenters. The molecule has 0 amide bonds. The third-order valence-corrected chi connectivity index (χ3v) is 27.0. The van der Waals surface area contributed by atoms with E-state index in [1.54, 1.807) is 33.4 Å². The van der Waals surface area contributed by atoms with Gasteiger partial charge in [-0.1, -0.05) is 0 Å². The van der Waals surface area contributed by atoms with Crippen molar-refractivity contribution in [3.05, 3.63) is 202 Å². The van der Waals surface area contributed by atoms with Gasteiger partial charge < -0.3 is 24.8 Å². The molecule has 0 nitrogen and oxygen atoms in total. The molecule has 2 unspecified atom stereocenters. The van der Waals surface area contributed by atoms with Gasteiger partial charge in [-0.2, -0.15) is 0 Å². The zero-order chi connectivity index (χ0) is 38.1. The first-order valence-electron chi connectivity index (χ1n) is 21.7. The number of hydrogen-bond donors (Lipinski definition) is 0. The summed E-state index contributed by atoms with van der Waals surface area (Å²) in [6.45, 7) is 4.77. The molecule has 1 saturated heterocycles. The van der Waals surface area contributed by atoms with Crippen molar-refractivity contribution in [2.24, 2.45) is 0 Å². The molecule has 8 aromatic carbocycles. The van der Waals surface area contributed by atoms with Crippen LogP contribution in [0.3, 0.4) is 0 Å². The smallest absolute Gasteiger partial charge is 1.00 e. The van der Waals surface area contributed by atoms with E-state index in [1.807, 2.05) is 0 Å². The molecule has 2 aliphatic carbocycles. The summed E-state index contributed by atoms with van der Waals surface area (Å²) in [4.78, 5) is 0. The van der Waals surface area contributed by atoms with Gasteiger partial charge in [0.2, 0.25) is 0 Å². The zero-order valence-corrected chi connectivity index (χ0v) is 38.0. The molecule has 1 aliphatic heterocycles. The summed E-state index contributed by atoms with van der Waals surface area (Å²) < 4.78 is 4.11. The predicted molar refractivity (Wildman–Crippen MR) is 242 cm³/mol. The minimum absolute atomic E-state index is 0. The topological polar surface area (TPSA) is 0 Å². The van der Waals surface area contributed by atoms with E-state index in [1.165, 1.54) is 112 Å². The molecule has 1 heterocycles. The van der Waals surface area contributed by atoms with Gasteiger partial charge >= 0.3 is 345 Å². The second kappa shape index (κ2) is 16.3. The first kappa shape index (κ1) is 40.2. The minimum atomic E-state index is -3.12. The fourth-order valence-electron chi connectivity index (χ4n) is 11.6. The number of fused-ring (bicyclic) bond motifs is 8. The van der Waals surface area contributed by atoms with E-state index in [9.17, 15) is 0 Å². The molecular formula is C56H50Cl2Zr. The van der Waals surface area contributed by atoms with E-state index in [0.29, 0.717) is 7.25 Å². The van der Waals surface area contributed by atoms with Gasteiger partial charge in [-0.3, -0.25) is 0 Å². The summed E-state index contributed by atoms with van der Waals surface area (Å²) >= 11 is -3.12. The number of unbranched alkanes of at least 4 members (excludes halogenated alkanes) is 2. The van der Waals surface area contributed by atoms with Crippen LogP contribution in [0.25, 0.3) is 54.2 Å². The Kier molecular flexibility index (Phi) is 11.1. The van der Waals surface area contributed by atoms with Crippen molar-refractivity contribution in [3.8, 4) is 0 Å². The molecule has 0 radical (unpaired) electrons. The molecular weight excluding hydrogens is 835 g/mol. The molecule has 1 fully saturated rings. The summed E-state index contributed by atoms with van der Waals surface area (Å²) in [6, 6.07) is 61.1. The van der Waals surface area contributed by atoms with Crippen LogP contribution in [0, 0.1) is 0 Å². The average Bonchev–Trinajstić information content (AvgIpc) is 3.88. The first-order chi connectivity index (χ1) is 28.2. The maximum atomic E-state index is 2.56. The molecule has 0 N–H and O–H groups in total. The Bertz CT molecular complexity index is 2770. The predicted octanol–water partition coefficient (Wildman–Crippen LogP) is 10.1. The number of halogens is 2. The molecule has 0 saturated carbocycles. The second-order valence-electron chi connectivity index (χ2n) is 17.2. The monoisotopic (exact) mass is 882 g/mol. The van der Waals surface area contributed by atoms with Crippen molar-refractivity contribution in [1.29, 1.82) is 0 Å². The van der Waals surface area contributed by atoms with Gasteiger partial charge in [0.05, 0.1) is 0 Å². The normalized spacial score (nSPS) is 17.1. The molecule has 11 rings (SSSR count). The molecule has 3 aliphatic rings. The van der Waals surface area contributed by atoms with Crippen LogP contribution in [0.5, 0.6) is 0 Å². The van der Waals surface area contributed by atoms with Crippen molar-refractivity contribution in [3.63, 3.8) is 0 Å². The standard InChI is InChI=1S/2C27H23.C2H4.2ClH.Zr/c2*1-2-3-9-22-18-21-11-5-7-14-24(21)27(22)25-15-8-12-20-17-16-19-10-4-6-13-23(19)26(20)25;1-2;;;/h2*4-8,10-18H,2-3,9H2,1H3;1-2H2;2*1H;/q;;;;;+2/p-2. The van der Waals surface area contributed by atoms with Gasteiger partial charge in [0, 0.05) is 0 Å². The van der Waals surface area contributed by atoms with Gasteiger partial charge in [0.15, 0.2) is 0 Å². The zero-order valence-electron chi connectivity index (χ0n) is 34.1. The summed E-state index contributed by atoms with van der Waals surface area (Å²) in [5.41, 5.74) is 15.9. The average molecular weight is 885 g/mol. The molecule has 3 heteroatoms. The molecule has 0 spiro atoms. The van der Waals surface area contributed by atoms with Crippen LogP contribution in [-0.2, 0) is 20.3 Å². The first-order valence-corrected chi connectivity index (χ1v) is 28.0.